The third-order valence-corrected chi connectivity index (χ3v) is 6.18. The first-order valence-corrected chi connectivity index (χ1v) is 11.9. The summed E-state index contributed by atoms with van der Waals surface area (Å²) < 4.78 is 3.31. The Balaban J connectivity index is 0.000000174. The van der Waals surface area contributed by atoms with E-state index in [1.807, 2.05) is 75.4 Å². The summed E-state index contributed by atoms with van der Waals surface area (Å²) in [5.41, 5.74) is 14.2. The summed E-state index contributed by atoms with van der Waals surface area (Å²) in [7, 11) is 0. The molecule has 0 radical (unpaired) electrons. The van der Waals surface area contributed by atoms with E-state index in [0.29, 0.717) is 16.1 Å². The first-order valence-electron chi connectivity index (χ1n) is 11.6. The van der Waals surface area contributed by atoms with E-state index >= 15 is 0 Å². The van der Waals surface area contributed by atoms with Gasteiger partial charge in [-0.15, -0.1) is 5.10 Å². The van der Waals surface area contributed by atoms with Crippen LogP contribution in [0.2, 0.25) is 5.02 Å². The van der Waals surface area contributed by atoms with E-state index < -0.39 is 5.91 Å². The lowest BCUT2D eigenvalue weighted by molar-refractivity contribution is 0.100. The third-order valence-electron chi connectivity index (χ3n) is 5.86. The van der Waals surface area contributed by atoms with Gasteiger partial charge in [-0.25, -0.2) is 9.50 Å². The second-order valence-corrected chi connectivity index (χ2v) is 8.96. The van der Waals surface area contributed by atoms with Crippen molar-refractivity contribution in [3.63, 3.8) is 0 Å². The number of pyridine rings is 1. The number of nitrogens with two attached hydrogens (primary N) is 2. The van der Waals surface area contributed by atoms with Crippen molar-refractivity contribution in [2.45, 2.75) is 33.1 Å². The fourth-order valence-electron chi connectivity index (χ4n) is 4.15. The van der Waals surface area contributed by atoms with E-state index in [4.69, 9.17) is 23.1 Å². The SMILES string of the molecule is CC(C)c1ccnc2c(C(N)=O)c(N)nn12.CCc1cc2cccc(Cl)c2c(=O)n1-c1ccccc1. The van der Waals surface area contributed by atoms with Crippen LogP contribution in [0.1, 0.15) is 48.4 Å². The van der Waals surface area contributed by atoms with E-state index in [1.54, 1.807) is 21.3 Å². The highest BCUT2D eigenvalue weighted by atomic mass is 35.5. The molecule has 0 aliphatic heterocycles. The maximum absolute atomic E-state index is 12.8. The highest BCUT2D eigenvalue weighted by Crippen LogP contribution is 2.23. The first kappa shape index (κ1) is 24.9. The number of primary amides is 1. The highest BCUT2D eigenvalue weighted by Gasteiger charge is 2.18. The number of para-hydroxylation sites is 1. The number of halogens is 1. The average Bonchev–Trinajstić information content (AvgIpc) is 3.20. The molecule has 5 rings (SSSR count). The van der Waals surface area contributed by atoms with Gasteiger partial charge in [-0.05, 0) is 48.1 Å². The molecule has 0 aliphatic rings. The number of nitrogen functional groups attached to an aromatic ring is 1. The third kappa shape index (κ3) is 4.55. The van der Waals surface area contributed by atoms with Crippen LogP contribution in [-0.2, 0) is 6.42 Å². The maximum Gasteiger partial charge on any atom is 0.264 e. The van der Waals surface area contributed by atoms with Crippen molar-refractivity contribution >= 4 is 39.7 Å². The van der Waals surface area contributed by atoms with Gasteiger partial charge in [0.2, 0.25) is 0 Å². The molecule has 0 unspecified atom stereocenters. The molecule has 9 heteroatoms. The molecule has 8 nitrogen and oxygen atoms in total. The second-order valence-electron chi connectivity index (χ2n) is 8.55. The van der Waals surface area contributed by atoms with Crippen molar-refractivity contribution in [2.24, 2.45) is 5.73 Å². The predicted octanol–water partition coefficient (Wildman–Crippen LogP) is 4.74. The average molecular weight is 503 g/mol. The number of anilines is 1. The van der Waals surface area contributed by atoms with Gasteiger partial charge in [-0.3, -0.25) is 14.2 Å². The number of aryl methyl sites for hydroxylation is 1. The molecule has 184 valence electrons. The van der Waals surface area contributed by atoms with Gasteiger partial charge in [0.25, 0.3) is 11.5 Å². The quantitative estimate of drug-likeness (QED) is 0.367. The van der Waals surface area contributed by atoms with E-state index in [9.17, 15) is 9.59 Å². The minimum absolute atomic E-state index is 0.0591. The van der Waals surface area contributed by atoms with Gasteiger partial charge in [0, 0.05) is 23.3 Å². The Morgan fingerprint density at radius 3 is 2.44 bits per heavy atom. The van der Waals surface area contributed by atoms with Crippen LogP contribution in [0, 0.1) is 0 Å². The number of amides is 1. The Morgan fingerprint density at radius 1 is 1.08 bits per heavy atom. The molecular formula is C27H27ClN6O2. The van der Waals surface area contributed by atoms with E-state index in [1.165, 1.54) is 0 Å². The smallest absolute Gasteiger partial charge is 0.264 e. The number of fused-ring (bicyclic) bond motifs is 2. The molecule has 2 aromatic carbocycles. The molecule has 0 spiro atoms. The lowest BCUT2D eigenvalue weighted by Crippen LogP contribution is -2.22. The van der Waals surface area contributed by atoms with Crippen LogP contribution < -0.4 is 17.0 Å². The molecule has 5 aromatic rings. The molecule has 1 amide bonds. The first-order chi connectivity index (χ1) is 17.2. The lowest BCUT2D eigenvalue weighted by Gasteiger charge is -2.14. The Labute approximate surface area is 213 Å². The fraction of sp³-hybridized carbons (Fsp3) is 0.185. The Kier molecular flexibility index (Phi) is 7.07. The van der Waals surface area contributed by atoms with Gasteiger partial charge in [0.15, 0.2) is 11.5 Å². The summed E-state index contributed by atoms with van der Waals surface area (Å²) in [6.07, 6.45) is 2.41. The summed E-state index contributed by atoms with van der Waals surface area (Å²) in [5.74, 6) is -0.237. The fourth-order valence-corrected chi connectivity index (χ4v) is 4.41. The zero-order valence-electron chi connectivity index (χ0n) is 20.3. The molecule has 0 aliphatic carbocycles. The molecule has 0 fully saturated rings. The number of nitrogens with zero attached hydrogens (tertiary/aromatic N) is 4. The molecule has 0 bridgehead atoms. The summed E-state index contributed by atoms with van der Waals surface area (Å²) in [6, 6.07) is 19.1. The number of carbonyl (C=O) groups is 1. The lowest BCUT2D eigenvalue weighted by atomic mass is 10.1. The highest BCUT2D eigenvalue weighted by molar-refractivity contribution is 6.35. The molecule has 36 heavy (non-hydrogen) atoms. The standard InChI is InChI=1S/C17H14ClNO.C10H13N5O/c1-2-13-11-12-7-6-10-15(18)16(12)17(20)19(13)14-8-4-3-5-9-14;1-5(2)6-3-4-13-10-7(9(12)16)8(11)14-15(6)10/h3-11H,2H2,1H3;3-5H,1-2H3,(H2,11,14)(H2,12,16). The minimum Gasteiger partial charge on any atom is -0.381 e. The van der Waals surface area contributed by atoms with Crippen LogP contribution in [-0.4, -0.2) is 25.1 Å². The van der Waals surface area contributed by atoms with Crippen molar-refractivity contribution in [1.29, 1.82) is 0 Å². The van der Waals surface area contributed by atoms with Gasteiger partial charge in [0.1, 0.15) is 5.56 Å². The molecule has 3 aromatic heterocycles. The van der Waals surface area contributed by atoms with Crippen LogP contribution >= 0.6 is 11.6 Å². The van der Waals surface area contributed by atoms with Crippen molar-refractivity contribution in [1.82, 2.24) is 19.2 Å². The summed E-state index contributed by atoms with van der Waals surface area (Å²) in [5, 5.41) is 6.06. The molecule has 0 atom stereocenters. The van der Waals surface area contributed by atoms with Crippen molar-refractivity contribution < 1.29 is 4.79 Å². The molecule has 0 saturated carbocycles. The van der Waals surface area contributed by atoms with Crippen molar-refractivity contribution in [3.8, 4) is 5.69 Å². The Hall–Kier alpha value is -4.17. The van der Waals surface area contributed by atoms with Crippen LogP contribution in [0.3, 0.4) is 0 Å². The molecule has 0 saturated heterocycles. The van der Waals surface area contributed by atoms with Crippen LogP contribution in [0.4, 0.5) is 5.82 Å². The topological polar surface area (TPSA) is 121 Å². The van der Waals surface area contributed by atoms with Gasteiger partial charge >= 0.3 is 0 Å². The number of carbonyl (C=O) groups excluding carboxylic acids is 1. The normalized spacial score (nSPS) is 11.0. The largest absolute Gasteiger partial charge is 0.381 e. The number of benzene rings is 2. The van der Waals surface area contributed by atoms with Crippen LogP contribution in [0.5, 0.6) is 0 Å². The van der Waals surface area contributed by atoms with Crippen molar-refractivity contribution in [2.75, 3.05) is 5.73 Å². The monoisotopic (exact) mass is 502 g/mol. The molecule has 4 N–H and O–H groups in total. The summed E-state index contributed by atoms with van der Waals surface area (Å²) in [4.78, 5) is 28.1. The molecule has 3 heterocycles. The number of hydrogen-bond acceptors (Lipinski definition) is 5. The van der Waals surface area contributed by atoms with Gasteiger partial charge in [-0.2, -0.15) is 0 Å². The van der Waals surface area contributed by atoms with E-state index in [-0.39, 0.29) is 22.9 Å². The minimum atomic E-state index is -0.610. The number of aromatic nitrogens is 4. The Bertz CT molecular complexity index is 1620. The second kappa shape index (κ2) is 10.2. The van der Waals surface area contributed by atoms with Crippen LogP contribution in [0.15, 0.2) is 71.7 Å². The zero-order chi connectivity index (χ0) is 26.0. The molecular weight excluding hydrogens is 476 g/mol. The summed E-state index contributed by atoms with van der Waals surface area (Å²) in [6.45, 7) is 6.10. The number of hydrogen-bond donors (Lipinski definition) is 2. The van der Waals surface area contributed by atoms with Crippen molar-refractivity contribution in [3.05, 3.63) is 99.2 Å². The van der Waals surface area contributed by atoms with Crippen LogP contribution in [0.25, 0.3) is 22.1 Å². The van der Waals surface area contributed by atoms with Gasteiger partial charge in [-0.1, -0.05) is 62.7 Å². The van der Waals surface area contributed by atoms with Gasteiger partial charge in [0.05, 0.1) is 10.4 Å². The number of rotatable bonds is 4. The van der Waals surface area contributed by atoms with Gasteiger partial charge < -0.3 is 11.5 Å². The Morgan fingerprint density at radius 2 is 1.81 bits per heavy atom. The van der Waals surface area contributed by atoms with E-state index in [2.05, 4.69) is 10.1 Å². The maximum atomic E-state index is 12.8. The zero-order valence-corrected chi connectivity index (χ0v) is 21.0. The van der Waals surface area contributed by atoms with E-state index in [0.717, 1.165) is 28.9 Å². The predicted molar refractivity (Wildman–Crippen MR) is 144 cm³/mol. The summed E-state index contributed by atoms with van der Waals surface area (Å²) >= 11 is 6.20.